The zero-order chi connectivity index (χ0) is 33.7. The maximum atomic E-state index is 14.6. The number of rotatable bonds is 15. The fourth-order valence-electron chi connectivity index (χ4n) is 7.24. The summed E-state index contributed by atoms with van der Waals surface area (Å²) in [6.07, 6.45) is 4.16. The lowest BCUT2D eigenvalue weighted by Crippen LogP contribution is -2.58. The number of methoxy groups -OCH3 is 1. The Labute approximate surface area is 275 Å². The van der Waals surface area contributed by atoms with Gasteiger partial charge >= 0.3 is 5.97 Å². The minimum Gasteiger partial charge on any atom is -0.497 e. The van der Waals surface area contributed by atoms with Gasteiger partial charge in [-0.2, -0.15) is 0 Å². The van der Waals surface area contributed by atoms with Crippen LogP contribution in [0.25, 0.3) is 0 Å². The van der Waals surface area contributed by atoms with Crippen LogP contribution in [0.15, 0.2) is 79.9 Å². The van der Waals surface area contributed by atoms with Crippen LogP contribution in [0.1, 0.15) is 44.2 Å². The van der Waals surface area contributed by atoms with Crippen LogP contribution >= 0.6 is 0 Å². The molecule has 11 nitrogen and oxygen atoms in total. The summed E-state index contributed by atoms with van der Waals surface area (Å²) >= 11 is 0. The third-order valence-electron chi connectivity index (χ3n) is 9.46. The number of nitrogens with one attached hydrogen (secondary N) is 1. The smallest absolute Gasteiger partial charge is 0.306 e. The van der Waals surface area contributed by atoms with Crippen molar-refractivity contribution in [1.29, 1.82) is 0 Å². The number of benzene rings is 2. The quantitative estimate of drug-likeness (QED) is 0.223. The standard InChI is InChI=1S/C36H43N3O8/c1-5-7-13-29(41)46-22-27(24-11-9-8-10-12-24)37-33(42)30-28-18-19-36(47-28)31(30)34(43)39(23(3)21-40)32(36)35(44)38(20-6-2)25-14-16-26(45-4)17-15-25/h5-6,8-12,14-17,23,27-28,30-32,40H,1-2,7,13,18-22H2,3-4H3,(H,37,42)/t23-,27-,28+,30-,31-,32+,36-/m1/s1. The summed E-state index contributed by atoms with van der Waals surface area (Å²) in [5.41, 5.74) is 0.0436. The Kier molecular flexibility index (Phi) is 10.5. The van der Waals surface area contributed by atoms with Crippen molar-refractivity contribution in [3.63, 3.8) is 0 Å². The van der Waals surface area contributed by atoms with Crippen LogP contribution in [0.4, 0.5) is 5.69 Å². The second kappa shape index (κ2) is 14.5. The van der Waals surface area contributed by atoms with Crippen molar-refractivity contribution in [3.8, 4) is 5.75 Å². The van der Waals surface area contributed by atoms with E-state index in [-0.39, 0.29) is 32.1 Å². The summed E-state index contributed by atoms with van der Waals surface area (Å²) in [5.74, 6) is -2.85. The van der Waals surface area contributed by atoms with Crippen LogP contribution in [0, 0.1) is 11.8 Å². The van der Waals surface area contributed by atoms with Crippen molar-refractivity contribution in [3.05, 3.63) is 85.5 Å². The number of carbonyl (C=O) groups excluding carboxylic acids is 4. The van der Waals surface area contributed by atoms with Crippen molar-refractivity contribution < 1.29 is 38.5 Å². The second-order valence-corrected chi connectivity index (χ2v) is 12.3. The molecule has 2 aromatic carbocycles. The van der Waals surface area contributed by atoms with Crippen LogP contribution in [0.2, 0.25) is 0 Å². The van der Waals surface area contributed by atoms with E-state index in [9.17, 15) is 24.3 Å². The zero-order valence-electron chi connectivity index (χ0n) is 26.9. The molecule has 3 fully saturated rings. The molecule has 0 saturated carbocycles. The molecule has 3 aliphatic heterocycles. The third-order valence-corrected chi connectivity index (χ3v) is 9.46. The highest BCUT2D eigenvalue weighted by molar-refractivity contribution is 6.05. The van der Waals surface area contributed by atoms with E-state index in [1.54, 1.807) is 50.5 Å². The number of anilines is 1. The highest BCUT2D eigenvalue weighted by Crippen LogP contribution is 2.59. The molecule has 3 saturated heterocycles. The number of ether oxygens (including phenoxy) is 3. The molecule has 0 unspecified atom stereocenters. The van der Waals surface area contributed by atoms with E-state index in [1.165, 1.54) is 9.80 Å². The number of esters is 1. The van der Waals surface area contributed by atoms with Crippen molar-refractivity contribution >= 4 is 29.4 Å². The van der Waals surface area contributed by atoms with Gasteiger partial charge in [0.1, 0.15) is 24.0 Å². The molecule has 3 aliphatic rings. The molecule has 2 aromatic rings. The van der Waals surface area contributed by atoms with Gasteiger partial charge in [-0.05, 0) is 56.0 Å². The van der Waals surface area contributed by atoms with Crippen LogP contribution < -0.4 is 15.0 Å². The number of likely N-dealkylation sites (tertiary alicyclic amines) is 1. The maximum absolute atomic E-state index is 14.6. The number of hydrogen-bond acceptors (Lipinski definition) is 8. The summed E-state index contributed by atoms with van der Waals surface area (Å²) < 4.78 is 17.4. The molecule has 0 radical (unpaired) electrons. The molecule has 250 valence electrons. The van der Waals surface area contributed by atoms with E-state index in [4.69, 9.17) is 14.2 Å². The van der Waals surface area contributed by atoms with Crippen molar-refractivity contribution in [1.82, 2.24) is 10.2 Å². The highest BCUT2D eigenvalue weighted by atomic mass is 16.5. The molecular formula is C36H43N3O8. The number of aliphatic hydroxyl groups is 1. The van der Waals surface area contributed by atoms with E-state index < -0.39 is 59.5 Å². The first kappa shape index (κ1) is 33.9. The molecule has 0 aliphatic carbocycles. The molecule has 11 heteroatoms. The lowest BCUT2D eigenvalue weighted by atomic mass is 9.70. The van der Waals surface area contributed by atoms with Crippen LogP contribution in [0.5, 0.6) is 5.75 Å². The summed E-state index contributed by atoms with van der Waals surface area (Å²) in [5, 5.41) is 13.2. The number of aliphatic hydroxyl groups excluding tert-OH is 1. The lowest BCUT2D eigenvalue weighted by Gasteiger charge is -2.38. The van der Waals surface area contributed by atoms with Gasteiger partial charge in [-0.3, -0.25) is 19.2 Å². The fraction of sp³-hybridized carbons (Fsp3) is 0.444. The summed E-state index contributed by atoms with van der Waals surface area (Å²) in [6.45, 7) is 8.83. The van der Waals surface area contributed by atoms with Gasteiger partial charge in [-0.25, -0.2) is 0 Å². The zero-order valence-corrected chi connectivity index (χ0v) is 26.9. The SMILES string of the molecule is C=CCCC(=O)OC[C@@H](NC(=O)[C@@H]1[C@@H]2CC[C@]3(O2)[C@H](C(=O)N(CC=C)c2ccc(OC)cc2)N([C@H](C)CO)C(=O)[C@@H]13)c1ccccc1. The van der Waals surface area contributed by atoms with Gasteiger partial charge in [-0.15, -0.1) is 13.2 Å². The van der Waals surface area contributed by atoms with E-state index in [0.717, 1.165) is 5.56 Å². The number of carbonyl (C=O) groups is 4. The number of allylic oxidation sites excluding steroid dienone is 1. The highest BCUT2D eigenvalue weighted by Gasteiger charge is 2.75. The average Bonchev–Trinajstić information content (AvgIpc) is 3.75. The van der Waals surface area contributed by atoms with Crippen molar-refractivity contribution in [2.75, 3.05) is 31.8 Å². The number of amides is 3. The average molecular weight is 646 g/mol. The molecule has 7 atom stereocenters. The molecule has 0 aromatic heterocycles. The largest absolute Gasteiger partial charge is 0.497 e. The van der Waals surface area contributed by atoms with Gasteiger partial charge in [0.2, 0.25) is 11.8 Å². The third kappa shape index (κ3) is 6.42. The Hall–Kier alpha value is -4.48. The molecular weight excluding hydrogens is 602 g/mol. The Balaban J connectivity index is 1.45. The molecule has 1 spiro atoms. The van der Waals surface area contributed by atoms with Crippen LogP contribution in [-0.2, 0) is 28.7 Å². The van der Waals surface area contributed by atoms with E-state index in [2.05, 4.69) is 18.5 Å². The Morgan fingerprint density at radius 2 is 1.87 bits per heavy atom. The number of fused-ring (bicyclic) bond motifs is 1. The topological polar surface area (TPSA) is 135 Å². The van der Waals surface area contributed by atoms with E-state index in [1.807, 2.05) is 30.3 Å². The molecule has 2 N–H and O–H groups in total. The summed E-state index contributed by atoms with van der Waals surface area (Å²) in [7, 11) is 1.55. The molecule has 47 heavy (non-hydrogen) atoms. The monoisotopic (exact) mass is 645 g/mol. The molecule has 2 bridgehead atoms. The predicted octanol–water partition coefficient (Wildman–Crippen LogP) is 3.34. The minimum atomic E-state index is -1.27. The van der Waals surface area contributed by atoms with Crippen LogP contribution in [-0.4, -0.2) is 84.4 Å². The van der Waals surface area contributed by atoms with E-state index in [0.29, 0.717) is 30.7 Å². The van der Waals surface area contributed by atoms with Crippen LogP contribution in [0.3, 0.4) is 0 Å². The number of nitrogens with zero attached hydrogens (tertiary/aromatic N) is 2. The van der Waals surface area contributed by atoms with Gasteiger partial charge in [0.15, 0.2) is 0 Å². The Bertz CT molecular complexity index is 1480. The molecule has 3 amide bonds. The van der Waals surface area contributed by atoms with E-state index >= 15 is 0 Å². The summed E-state index contributed by atoms with van der Waals surface area (Å²) in [6, 6.07) is 13.7. The normalized spacial score (nSPS) is 25.4. The minimum absolute atomic E-state index is 0.0963. The Morgan fingerprint density at radius 3 is 2.51 bits per heavy atom. The second-order valence-electron chi connectivity index (χ2n) is 12.3. The lowest BCUT2D eigenvalue weighted by molar-refractivity contribution is -0.146. The Morgan fingerprint density at radius 1 is 1.15 bits per heavy atom. The summed E-state index contributed by atoms with van der Waals surface area (Å²) in [4.78, 5) is 58.4. The maximum Gasteiger partial charge on any atom is 0.306 e. The first-order chi connectivity index (χ1) is 22.7. The van der Waals surface area contributed by atoms with Gasteiger partial charge in [0.25, 0.3) is 5.91 Å². The van der Waals surface area contributed by atoms with Gasteiger partial charge < -0.3 is 34.4 Å². The first-order valence-electron chi connectivity index (χ1n) is 16.0. The predicted molar refractivity (Wildman–Crippen MR) is 174 cm³/mol. The van der Waals surface area contributed by atoms with Gasteiger partial charge in [0, 0.05) is 18.7 Å². The fourth-order valence-corrected chi connectivity index (χ4v) is 7.24. The van der Waals surface area contributed by atoms with Gasteiger partial charge in [-0.1, -0.05) is 42.5 Å². The van der Waals surface area contributed by atoms with Crippen molar-refractivity contribution in [2.45, 2.75) is 62.4 Å². The first-order valence-corrected chi connectivity index (χ1v) is 16.0. The van der Waals surface area contributed by atoms with Crippen molar-refractivity contribution in [2.24, 2.45) is 11.8 Å². The molecule has 5 rings (SSSR count). The number of hydrogen-bond donors (Lipinski definition) is 2. The molecule has 3 heterocycles. The van der Waals surface area contributed by atoms with Gasteiger partial charge in [0.05, 0.1) is 43.7 Å².